The van der Waals surface area contributed by atoms with Gasteiger partial charge in [0, 0.05) is 29.8 Å². The number of methoxy groups -OCH3 is 1. The third kappa shape index (κ3) is 5.07. The molecule has 1 atom stereocenters. The van der Waals surface area contributed by atoms with E-state index < -0.39 is 5.82 Å². The molecule has 7 heteroatoms. The topological polar surface area (TPSA) is 60.4 Å². The van der Waals surface area contributed by atoms with Crippen LogP contribution in [0.2, 0.25) is 5.02 Å². The molecule has 1 aliphatic heterocycles. The van der Waals surface area contributed by atoms with Gasteiger partial charge in [0.2, 0.25) is 0 Å². The maximum atomic E-state index is 13.9. The molecule has 5 nitrogen and oxygen atoms in total. The van der Waals surface area contributed by atoms with E-state index in [-0.39, 0.29) is 17.7 Å². The minimum absolute atomic E-state index is 0.0892. The number of rotatable bonds is 5. The lowest BCUT2D eigenvalue weighted by atomic mass is 9.90. The van der Waals surface area contributed by atoms with E-state index >= 15 is 0 Å². The summed E-state index contributed by atoms with van der Waals surface area (Å²) in [6.07, 6.45) is 2.06. The average Bonchev–Trinajstić information content (AvgIpc) is 2.70. The standard InChI is InChI=1S/C21H26ClFN4O/c1-14(25-21(24)26-20-8-3-16(22)13-19(20)23)15-9-11-27(12-10-15)17-4-6-18(28-2)7-5-17/h3-8,13-15H,9-12H2,1-2H3,(H3,24,25,26). The van der Waals surface area contributed by atoms with Crippen LogP contribution in [0.3, 0.4) is 0 Å². The molecule has 1 unspecified atom stereocenters. The van der Waals surface area contributed by atoms with Crippen molar-refractivity contribution in [1.82, 2.24) is 5.32 Å². The molecule has 150 valence electrons. The molecule has 1 heterocycles. The summed E-state index contributed by atoms with van der Waals surface area (Å²) in [6, 6.07) is 12.6. The van der Waals surface area contributed by atoms with Crippen LogP contribution in [0.5, 0.6) is 5.75 Å². The Bertz CT molecular complexity index is 807. The summed E-state index contributed by atoms with van der Waals surface area (Å²) >= 11 is 5.76. The van der Waals surface area contributed by atoms with Crippen molar-refractivity contribution in [3.05, 3.63) is 53.3 Å². The van der Waals surface area contributed by atoms with Crippen LogP contribution < -0.4 is 20.3 Å². The molecule has 0 aliphatic carbocycles. The summed E-state index contributed by atoms with van der Waals surface area (Å²) in [5.41, 5.74) is 1.44. The van der Waals surface area contributed by atoms with Crippen LogP contribution in [-0.4, -0.2) is 32.2 Å². The maximum Gasteiger partial charge on any atom is 0.193 e. The normalized spacial score (nSPS) is 15.8. The Labute approximate surface area is 170 Å². The number of hydrogen-bond donors (Lipinski definition) is 3. The summed E-state index contributed by atoms with van der Waals surface area (Å²) < 4.78 is 19.1. The first-order valence-electron chi connectivity index (χ1n) is 9.42. The third-order valence-corrected chi connectivity index (χ3v) is 5.48. The Morgan fingerprint density at radius 1 is 1.21 bits per heavy atom. The van der Waals surface area contributed by atoms with E-state index in [0.717, 1.165) is 31.7 Å². The van der Waals surface area contributed by atoms with E-state index in [4.69, 9.17) is 21.7 Å². The SMILES string of the molecule is COc1ccc(N2CCC(C(C)NC(=N)Nc3ccc(Cl)cc3F)CC2)cc1. The zero-order valence-corrected chi connectivity index (χ0v) is 16.9. The summed E-state index contributed by atoms with van der Waals surface area (Å²) in [7, 11) is 1.67. The highest BCUT2D eigenvalue weighted by atomic mass is 35.5. The van der Waals surface area contributed by atoms with Gasteiger partial charge in [-0.25, -0.2) is 4.39 Å². The minimum atomic E-state index is -0.473. The molecule has 0 amide bonds. The number of anilines is 2. The first kappa shape index (κ1) is 20.3. The first-order valence-corrected chi connectivity index (χ1v) is 9.80. The number of ether oxygens (including phenoxy) is 1. The van der Waals surface area contributed by atoms with Crippen LogP contribution in [0.1, 0.15) is 19.8 Å². The van der Waals surface area contributed by atoms with Gasteiger partial charge in [-0.05, 0) is 68.1 Å². The molecule has 0 aromatic heterocycles. The summed E-state index contributed by atoms with van der Waals surface area (Å²) in [4.78, 5) is 2.37. The fourth-order valence-corrected chi connectivity index (χ4v) is 3.72. The molecule has 3 rings (SSSR count). The second-order valence-electron chi connectivity index (χ2n) is 7.08. The Kier molecular flexibility index (Phi) is 6.62. The molecule has 28 heavy (non-hydrogen) atoms. The molecule has 0 radical (unpaired) electrons. The highest BCUT2D eigenvalue weighted by molar-refractivity contribution is 6.30. The van der Waals surface area contributed by atoms with Gasteiger partial charge in [0.05, 0.1) is 12.8 Å². The number of guanidine groups is 1. The monoisotopic (exact) mass is 404 g/mol. The second kappa shape index (κ2) is 9.15. The lowest BCUT2D eigenvalue weighted by Crippen LogP contribution is -2.45. The predicted octanol–water partition coefficient (Wildman–Crippen LogP) is 4.73. The average molecular weight is 405 g/mol. The van der Waals surface area contributed by atoms with Crippen molar-refractivity contribution in [1.29, 1.82) is 5.41 Å². The second-order valence-corrected chi connectivity index (χ2v) is 7.52. The highest BCUT2D eigenvalue weighted by Gasteiger charge is 2.24. The van der Waals surface area contributed by atoms with Gasteiger partial charge in [-0.2, -0.15) is 0 Å². The van der Waals surface area contributed by atoms with Gasteiger partial charge in [0.25, 0.3) is 0 Å². The number of nitrogens with zero attached hydrogens (tertiary/aromatic N) is 1. The molecule has 1 fully saturated rings. The van der Waals surface area contributed by atoms with Crippen LogP contribution in [-0.2, 0) is 0 Å². The van der Waals surface area contributed by atoms with Crippen molar-refractivity contribution in [2.24, 2.45) is 5.92 Å². The van der Waals surface area contributed by atoms with Crippen molar-refractivity contribution < 1.29 is 9.13 Å². The zero-order chi connectivity index (χ0) is 20.1. The van der Waals surface area contributed by atoms with Crippen molar-refractivity contribution in [3.8, 4) is 5.75 Å². The molecular formula is C21H26ClFN4O. The quantitative estimate of drug-likeness (QED) is 0.498. The van der Waals surface area contributed by atoms with Gasteiger partial charge >= 0.3 is 0 Å². The summed E-state index contributed by atoms with van der Waals surface area (Å²) in [6.45, 7) is 4.01. The van der Waals surface area contributed by atoms with Gasteiger partial charge < -0.3 is 20.3 Å². The van der Waals surface area contributed by atoms with Crippen LogP contribution >= 0.6 is 11.6 Å². The highest BCUT2D eigenvalue weighted by Crippen LogP contribution is 2.27. The molecular weight excluding hydrogens is 379 g/mol. The van der Waals surface area contributed by atoms with Gasteiger partial charge in [-0.3, -0.25) is 5.41 Å². The number of hydrogen-bond acceptors (Lipinski definition) is 3. The number of benzene rings is 2. The molecule has 0 saturated carbocycles. The Morgan fingerprint density at radius 3 is 2.50 bits per heavy atom. The molecule has 3 N–H and O–H groups in total. The van der Waals surface area contributed by atoms with Gasteiger partial charge in [0.15, 0.2) is 5.96 Å². The largest absolute Gasteiger partial charge is 0.497 e. The molecule has 2 aromatic rings. The minimum Gasteiger partial charge on any atom is -0.497 e. The van der Waals surface area contributed by atoms with E-state index in [1.807, 2.05) is 12.1 Å². The van der Waals surface area contributed by atoms with E-state index in [0.29, 0.717) is 10.9 Å². The predicted molar refractivity (Wildman–Crippen MR) is 113 cm³/mol. The third-order valence-electron chi connectivity index (χ3n) is 5.25. The van der Waals surface area contributed by atoms with Crippen molar-refractivity contribution in [3.63, 3.8) is 0 Å². The van der Waals surface area contributed by atoms with Crippen molar-refractivity contribution in [2.45, 2.75) is 25.8 Å². The number of piperidine rings is 1. The smallest absolute Gasteiger partial charge is 0.193 e. The first-order chi connectivity index (χ1) is 13.5. The molecule has 2 aromatic carbocycles. The van der Waals surface area contributed by atoms with Crippen molar-refractivity contribution in [2.75, 3.05) is 30.4 Å². The Balaban J connectivity index is 1.49. The fourth-order valence-electron chi connectivity index (χ4n) is 3.56. The molecule has 1 aliphatic rings. The number of nitrogens with one attached hydrogen (secondary N) is 3. The van der Waals surface area contributed by atoms with Crippen LogP contribution in [0, 0.1) is 17.1 Å². The zero-order valence-electron chi connectivity index (χ0n) is 16.1. The van der Waals surface area contributed by atoms with Crippen molar-refractivity contribution >= 4 is 28.9 Å². The van der Waals surface area contributed by atoms with Crippen LogP contribution in [0.4, 0.5) is 15.8 Å². The van der Waals surface area contributed by atoms with E-state index in [9.17, 15) is 4.39 Å². The van der Waals surface area contributed by atoms with E-state index in [2.05, 4.69) is 34.6 Å². The van der Waals surface area contributed by atoms with Gasteiger partial charge in [-0.15, -0.1) is 0 Å². The molecule has 1 saturated heterocycles. The Morgan fingerprint density at radius 2 is 1.89 bits per heavy atom. The maximum absolute atomic E-state index is 13.9. The molecule has 0 bridgehead atoms. The summed E-state index contributed by atoms with van der Waals surface area (Å²) in [5.74, 6) is 0.928. The Hall–Kier alpha value is -2.47. The lowest BCUT2D eigenvalue weighted by molar-refractivity contribution is 0.335. The van der Waals surface area contributed by atoms with Crippen LogP contribution in [0.25, 0.3) is 0 Å². The van der Waals surface area contributed by atoms with Gasteiger partial charge in [0.1, 0.15) is 11.6 Å². The number of halogens is 2. The van der Waals surface area contributed by atoms with Crippen LogP contribution in [0.15, 0.2) is 42.5 Å². The van der Waals surface area contributed by atoms with E-state index in [1.54, 1.807) is 13.2 Å². The molecule has 0 spiro atoms. The summed E-state index contributed by atoms with van der Waals surface area (Å²) in [5, 5.41) is 14.3. The van der Waals surface area contributed by atoms with E-state index in [1.165, 1.54) is 17.8 Å². The van der Waals surface area contributed by atoms with Gasteiger partial charge in [-0.1, -0.05) is 11.6 Å². The fraction of sp³-hybridized carbons (Fsp3) is 0.381. The lowest BCUT2D eigenvalue weighted by Gasteiger charge is -2.36.